The van der Waals surface area contributed by atoms with Gasteiger partial charge in [0.05, 0.1) is 24.7 Å². The van der Waals surface area contributed by atoms with Crippen LogP contribution in [0, 0.1) is 0 Å². The van der Waals surface area contributed by atoms with Crippen molar-refractivity contribution in [3.8, 4) is 5.75 Å². The number of rotatable bonds is 12. The van der Waals surface area contributed by atoms with E-state index in [0.717, 1.165) is 19.3 Å². The average molecular weight is 396 g/mol. The molecule has 11 heteroatoms. The van der Waals surface area contributed by atoms with Gasteiger partial charge < -0.3 is 29.6 Å². The Hall–Kier alpha value is -0.950. The van der Waals surface area contributed by atoms with E-state index in [0.29, 0.717) is 12.4 Å². The number of hydrogen-bond acceptors (Lipinski definition) is 5. The number of pyridine rings is 1. The molecular formula is C14H26N2O7P2. The lowest BCUT2D eigenvalue weighted by atomic mass is 10.1. The Morgan fingerprint density at radius 1 is 1.04 bits per heavy atom. The minimum absolute atomic E-state index is 0.0529. The maximum atomic E-state index is 11.3. The van der Waals surface area contributed by atoms with Crippen LogP contribution < -0.4 is 10.1 Å². The molecule has 0 radical (unpaired) electrons. The maximum Gasteiger partial charge on any atom is 0.360 e. The molecule has 0 saturated carbocycles. The van der Waals surface area contributed by atoms with Gasteiger partial charge in [0.2, 0.25) is 5.52 Å². The molecule has 1 aromatic heterocycles. The van der Waals surface area contributed by atoms with Gasteiger partial charge in [0.15, 0.2) is 0 Å². The van der Waals surface area contributed by atoms with Crippen LogP contribution in [0.4, 0.5) is 5.69 Å². The van der Waals surface area contributed by atoms with E-state index < -0.39 is 20.7 Å². The van der Waals surface area contributed by atoms with Gasteiger partial charge in [0.25, 0.3) is 0 Å². The van der Waals surface area contributed by atoms with Gasteiger partial charge in [-0.05, 0) is 6.42 Å². The molecule has 0 aliphatic rings. The molecule has 0 saturated heterocycles. The average Bonchev–Trinajstić information content (AvgIpc) is 2.50. The van der Waals surface area contributed by atoms with Crippen molar-refractivity contribution in [2.75, 3.05) is 11.9 Å². The lowest BCUT2D eigenvalue weighted by molar-refractivity contribution is 0.303. The second kappa shape index (κ2) is 10.3. The van der Waals surface area contributed by atoms with Crippen molar-refractivity contribution in [2.24, 2.45) is 0 Å². The van der Waals surface area contributed by atoms with Gasteiger partial charge in [0, 0.05) is 6.07 Å². The van der Waals surface area contributed by atoms with Crippen molar-refractivity contribution >= 4 is 20.9 Å². The Labute approximate surface area is 147 Å². The zero-order chi connectivity index (χ0) is 18.9. The van der Waals surface area contributed by atoms with Crippen LogP contribution >= 0.6 is 15.2 Å². The summed E-state index contributed by atoms with van der Waals surface area (Å²) in [6, 6.07) is 1.39. The number of unbranched alkanes of at least 4 members (excludes halogenated alkanes) is 5. The summed E-state index contributed by atoms with van der Waals surface area (Å²) in [4.78, 5) is 40.3. The molecule has 9 nitrogen and oxygen atoms in total. The second-order valence-electron chi connectivity index (χ2n) is 5.72. The molecular weight excluding hydrogens is 370 g/mol. The number of anilines is 1. The Kier molecular flexibility index (Phi) is 9.07. The quantitative estimate of drug-likeness (QED) is 0.265. The Balaban J connectivity index is 2.57. The summed E-state index contributed by atoms with van der Waals surface area (Å²) in [5, 5.41) is 2.16. The number of nitrogens with one attached hydrogen (secondary N) is 1. The number of ether oxygens (including phenoxy) is 1. The molecule has 0 unspecified atom stereocenters. The minimum atomic E-state index is -5.06. The summed E-state index contributed by atoms with van der Waals surface area (Å²) in [5.74, 6) is 0.355. The predicted molar refractivity (Wildman–Crippen MR) is 94.6 cm³/mol. The molecule has 0 aliphatic heterocycles. The van der Waals surface area contributed by atoms with Crippen LogP contribution in [0.1, 0.15) is 45.4 Å². The minimum Gasteiger partial charge on any atom is -0.492 e. The third-order valence-electron chi connectivity index (χ3n) is 3.41. The van der Waals surface area contributed by atoms with E-state index in [4.69, 9.17) is 24.3 Å². The van der Waals surface area contributed by atoms with Crippen molar-refractivity contribution in [3.63, 3.8) is 0 Å². The third kappa shape index (κ3) is 8.81. The van der Waals surface area contributed by atoms with Crippen LogP contribution in [0.25, 0.3) is 0 Å². The molecule has 25 heavy (non-hydrogen) atoms. The van der Waals surface area contributed by atoms with Gasteiger partial charge >= 0.3 is 15.2 Å². The topological polar surface area (TPSA) is 149 Å². The maximum absolute atomic E-state index is 11.3. The van der Waals surface area contributed by atoms with Crippen molar-refractivity contribution in [2.45, 2.75) is 51.0 Å². The van der Waals surface area contributed by atoms with E-state index in [1.54, 1.807) is 0 Å². The Bertz CT molecular complexity index is 595. The molecule has 1 heterocycles. The SMILES string of the molecule is CCCCCCCCOc1cncc(NC(P(=O)(O)O)P(=O)(O)O)c1. The monoisotopic (exact) mass is 396 g/mol. The summed E-state index contributed by atoms with van der Waals surface area (Å²) in [5.41, 5.74) is -2.27. The molecule has 0 atom stereocenters. The molecule has 1 aromatic rings. The first kappa shape index (κ1) is 22.1. The second-order valence-corrected chi connectivity index (χ2v) is 9.52. The first-order chi connectivity index (χ1) is 11.6. The van der Waals surface area contributed by atoms with Crippen molar-refractivity contribution < 1.29 is 33.4 Å². The van der Waals surface area contributed by atoms with Crippen LogP contribution in [-0.2, 0) is 9.13 Å². The highest BCUT2D eigenvalue weighted by molar-refractivity contribution is 7.71. The van der Waals surface area contributed by atoms with Crippen molar-refractivity contribution in [1.29, 1.82) is 0 Å². The molecule has 0 aliphatic carbocycles. The lowest BCUT2D eigenvalue weighted by Gasteiger charge is -2.21. The summed E-state index contributed by atoms with van der Waals surface area (Å²) < 4.78 is 28.1. The van der Waals surface area contributed by atoms with Crippen LogP contribution in [-0.4, -0.2) is 36.7 Å². The van der Waals surface area contributed by atoms with E-state index in [1.807, 2.05) is 0 Å². The first-order valence-electron chi connectivity index (χ1n) is 8.09. The number of aromatic nitrogens is 1. The summed E-state index contributed by atoms with van der Waals surface area (Å²) in [6.07, 6.45) is 9.29. The molecule has 0 bridgehead atoms. The first-order valence-corrected chi connectivity index (χ1v) is 11.5. The smallest absolute Gasteiger partial charge is 0.360 e. The van der Waals surface area contributed by atoms with Gasteiger partial charge in [-0.2, -0.15) is 0 Å². The summed E-state index contributed by atoms with van der Waals surface area (Å²) in [7, 11) is -10.1. The fourth-order valence-corrected chi connectivity index (χ4v) is 4.36. The number of hydrogen-bond donors (Lipinski definition) is 5. The highest BCUT2D eigenvalue weighted by atomic mass is 31.2. The molecule has 0 aromatic carbocycles. The fraction of sp³-hybridized carbons (Fsp3) is 0.643. The molecule has 0 spiro atoms. The van der Waals surface area contributed by atoms with Crippen LogP contribution in [0.2, 0.25) is 0 Å². The van der Waals surface area contributed by atoms with Crippen LogP contribution in [0.15, 0.2) is 18.5 Å². The van der Waals surface area contributed by atoms with E-state index in [-0.39, 0.29) is 5.69 Å². The van der Waals surface area contributed by atoms with Crippen LogP contribution in [0.3, 0.4) is 0 Å². The van der Waals surface area contributed by atoms with E-state index in [9.17, 15) is 9.13 Å². The molecule has 0 amide bonds. The van der Waals surface area contributed by atoms with Gasteiger partial charge in [0.1, 0.15) is 5.75 Å². The van der Waals surface area contributed by atoms with Gasteiger partial charge in [-0.25, -0.2) is 0 Å². The molecule has 1 rings (SSSR count). The molecule has 144 valence electrons. The highest BCUT2D eigenvalue weighted by Crippen LogP contribution is 2.59. The molecule has 0 fully saturated rings. The zero-order valence-electron chi connectivity index (χ0n) is 14.1. The largest absolute Gasteiger partial charge is 0.492 e. The highest BCUT2D eigenvalue weighted by Gasteiger charge is 2.43. The summed E-state index contributed by atoms with van der Waals surface area (Å²) >= 11 is 0. The standard InChI is InChI=1S/C14H26N2O7P2/c1-2-3-4-5-6-7-8-23-13-9-12(10-15-11-13)16-14(24(17,18)19)25(20,21)22/h9-11,14,16H,2-8H2,1H3,(H2,17,18,19)(H2,20,21,22). The third-order valence-corrected chi connectivity index (χ3v) is 6.75. The molecule has 5 N–H and O–H groups in total. The van der Waals surface area contributed by atoms with E-state index in [1.165, 1.54) is 37.7 Å². The van der Waals surface area contributed by atoms with Gasteiger partial charge in [-0.1, -0.05) is 39.0 Å². The normalized spacial score (nSPS) is 12.4. The van der Waals surface area contributed by atoms with Gasteiger partial charge in [-0.15, -0.1) is 0 Å². The van der Waals surface area contributed by atoms with E-state index in [2.05, 4.69) is 17.2 Å². The van der Waals surface area contributed by atoms with E-state index >= 15 is 0 Å². The Morgan fingerprint density at radius 2 is 1.64 bits per heavy atom. The fourth-order valence-electron chi connectivity index (χ4n) is 2.16. The predicted octanol–water partition coefficient (Wildman–Crippen LogP) is 2.87. The lowest BCUT2D eigenvalue weighted by Crippen LogP contribution is -2.20. The van der Waals surface area contributed by atoms with Crippen molar-refractivity contribution in [3.05, 3.63) is 18.5 Å². The zero-order valence-corrected chi connectivity index (χ0v) is 15.9. The summed E-state index contributed by atoms with van der Waals surface area (Å²) in [6.45, 7) is 2.62. The van der Waals surface area contributed by atoms with Crippen molar-refractivity contribution in [1.82, 2.24) is 4.98 Å². The van der Waals surface area contributed by atoms with Crippen LogP contribution in [0.5, 0.6) is 5.75 Å². The Morgan fingerprint density at radius 3 is 2.24 bits per heavy atom. The number of nitrogens with zero attached hydrogens (tertiary/aromatic N) is 1. The van der Waals surface area contributed by atoms with Gasteiger partial charge in [-0.3, -0.25) is 14.1 Å².